The van der Waals surface area contributed by atoms with E-state index in [0.29, 0.717) is 0 Å². The minimum absolute atomic E-state index is 0.442. The minimum atomic E-state index is -2.80. The van der Waals surface area contributed by atoms with E-state index in [0.717, 1.165) is 6.92 Å². The number of nitrogens with one attached hydrogen (secondary N) is 1. The van der Waals surface area contributed by atoms with Crippen molar-refractivity contribution in [2.24, 2.45) is 11.8 Å². The van der Waals surface area contributed by atoms with Crippen molar-refractivity contribution in [1.82, 2.24) is 5.32 Å². The molecule has 18 nitrogen and oxygen atoms in total. The molecular formula is C27H47NO17. The molecule has 45 heavy (non-hydrogen) atoms. The van der Waals surface area contributed by atoms with Gasteiger partial charge in [0.2, 0.25) is 5.91 Å². The van der Waals surface area contributed by atoms with E-state index in [2.05, 4.69) is 5.32 Å². The number of rotatable bonds is 12. The van der Waals surface area contributed by atoms with Crippen LogP contribution in [0, 0.1) is 11.8 Å². The van der Waals surface area contributed by atoms with Crippen LogP contribution in [0.5, 0.6) is 0 Å². The van der Waals surface area contributed by atoms with Crippen molar-refractivity contribution in [3.05, 3.63) is 0 Å². The van der Waals surface area contributed by atoms with Gasteiger partial charge in [0.05, 0.1) is 38.1 Å². The number of hydrogen-bond donors (Lipinski definition) is 11. The summed E-state index contributed by atoms with van der Waals surface area (Å²) < 4.78 is 29.3. The Hall–Kier alpha value is -1.62. The molecule has 16 atom stereocenters. The minimum Gasteiger partial charge on any atom is -0.477 e. The molecular weight excluding hydrogens is 610 g/mol. The summed E-state index contributed by atoms with van der Waals surface area (Å²) >= 11 is 0. The largest absolute Gasteiger partial charge is 0.477 e. The molecule has 18 heteroatoms. The van der Waals surface area contributed by atoms with Crippen molar-refractivity contribution in [1.29, 1.82) is 0 Å². The molecule has 3 rings (SSSR count). The van der Waals surface area contributed by atoms with Gasteiger partial charge in [0.1, 0.15) is 61.0 Å². The van der Waals surface area contributed by atoms with E-state index in [9.17, 15) is 60.7 Å². The molecule has 1 amide bonds. The maximum absolute atomic E-state index is 12.8. The zero-order chi connectivity index (χ0) is 34.0. The average molecular weight is 658 g/mol. The number of aliphatic hydroxyl groups excluding tert-OH is 9. The summed E-state index contributed by atoms with van der Waals surface area (Å²) in [6, 6.07) is -1.47. The molecule has 11 N–H and O–H groups in total. The van der Waals surface area contributed by atoms with E-state index in [4.69, 9.17) is 23.7 Å². The van der Waals surface area contributed by atoms with Crippen LogP contribution in [-0.2, 0) is 33.3 Å². The SMILES string of the molecule is CC(=O)NC1[C@H](O[C@H]2C(CO)O[C@@H](C(C)C)C(O)[C@H]2O[C@]2(C(=O)O)CC(O)[C@H](C)[C@H]([C@H](O)[C@H](O)CO)O2)OC(CO)[C@H](O)[C@@H]1O. The Kier molecular flexibility index (Phi) is 13.0. The van der Waals surface area contributed by atoms with Gasteiger partial charge in [0.25, 0.3) is 5.79 Å². The lowest BCUT2D eigenvalue weighted by molar-refractivity contribution is -0.376. The van der Waals surface area contributed by atoms with E-state index in [1.165, 1.54) is 6.92 Å². The highest BCUT2D eigenvalue weighted by Gasteiger charge is 2.59. The molecule has 0 saturated carbocycles. The van der Waals surface area contributed by atoms with E-state index in [-0.39, 0.29) is 0 Å². The highest BCUT2D eigenvalue weighted by atomic mass is 16.8. The van der Waals surface area contributed by atoms with Crippen LogP contribution in [0.15, 0.2) is 0 Å². The number of carboxylic acid groups (broad SMARTS) is 1. The van der Waals surface area contributed by atoms with Gasteiger partial charge in [-0.2, -0.15) is 0 Å². The first-order valence-corrected chi connectivity index (χ1v) is 14.8. The number of ether oxygens (including phenoxy) is 5. The molecule has 0 aromatic rings. The molecule has 3 aliphatic heterocycles. The third kappa shape index (κ3) is 7.92. The fourth-order valence-electron chi connectivity index (χ4n) is 5.94. The van der Waals surface area contributed by atoms with Crippen LogP contribution in [-0.4, -0.2) is 174 Å². The van der Waals surface area contributed by atoms with Gasteiger partial charge in [0, 0.05) is 19.3 Å². The molecule has 0 radical (unpaired) electrons. The maximum Gasteiger partial charge on any atom is 0.364 e. The lowest BCUT2D eigenvalue weighted by Gasteiger charge is -2.52. The van der Waals surface area contributed by atoms with Gasteiger partial charge >= 0.3 is 5.97 Å². The molecule has 3 heterocycles. The summed E-state index contributed by atoms with van der Waals surface area (Å²) in [4.78, 5) is 24.7. The third-order valence-corrected chi connectivity index (χ3v) is 8.57. The van der Waals surface area contributed by atoms with Crippen LogP contribution in [0.4, 0.5) is 0 Å². The molecule has 0 bridgehead atoms. The molecule has 3 fully saturated rings. The van der Waals surface area contributed by atoms with Crippen LogP contribution in [0.25, 0.3) is 0 Å². The Morgan fingerprint density at radius 2 is 1.56 bits per heavy atom. The summed E-state index contributed by atoms with van der Waals surface area (Å²) in [5.41, 5.74) is 0. The van der Waals surface area contributed by atoms with Gasteiger partial charge in [-0.15, -0.1) is 0 Å². The van der Waals surface area contributed by atoms with E-state index < -0.39 is 141 Å². The summed E-state index contributed by atoms with van der Waals surface area (Å²) in [5, 5.41) is 106. The zero-order valence-corrected chi connectivity index (χ0v) is 25.4. The topological polar surface area (TPSA) is 295 Å². The highest BCUT2D eigenvalue weighted by molar-refractivity contribution is 5.76. The summed E-state index contributed by atoms with van der Waals surface area (Å²) in [5.74, 6) is -6.67. The van der Waals surface area contributed by atoms with Crippen LogP contribution >= 0.6 is 0 Å². The molecule has 0 spiro atoms. The first-order chi connectivity index (χ1) is 21.0. The Morgan fingerprint density at radius 3 is 2.07 bits per heavy atom. The standard InChI is InChI=1S/C27H47NO17/c1-9(2)21-20(38)24(45-27(26(39)40)5-12(33)10(3)22(44-27)17(35)13(34)6-29)23(15(8-31)41-21)43-25-16(28-11(4)32)19(37)18(36)14(7-30)42-25/h9-10,12-25,29-31,33-38H,5-8H2,1-4H3,(H,28,32)(H,39,40)/t10-,12?,13+,14?,15?,16?,17+,18-,19+,20?,21-,22+,23-,24+,25-,27-/m0/s1. The predicted octanol–water partition coefficient (Wildman–Crippen LogP) is -5.24. The number of aliphatic hydroxyl groups is 9. The zero-order valence-electron chi connectivity index (χ0n) is 25.4. The van der Waals surface area contributed by atoms with Gasteiger partial charge in [0.15, 0.2) is 6.29 Å². The van der Waals surface area contributed by atoms with Gasteiger partial charge < -0.3 is 80.1 Å². The fourth-order valence-corrected chi connectivity index (χ4v) is 5.94. The second-order valence-corrected chi connectivity index (χ2v) is 12.2. The fraction of sp³-hybridized carbons (Fsp3) is 0.926. The van der Waals surface area contributed by atoms with Crippen LogP contribution in [0.3, 0.4) is 0 Å². The number of carbonyl (C=O) groups is 2. The molecule has 262 valence electrons. The number of carboxylic acids is 1. The molecule has 3 aliphatic rings. The van der Waals surface area contributed by atoms with Gasteiger partial charge in [-0.3, -0.25) is 4.79 Å². The van der Waals surface area contributed by atoms with Crippen molar-refractivity contribution < 1.29 is 84.3 Å². The number of amides is 1. The third-order valence-electron chi connectivity index (χ3n) is 8.57. The first kappa shape index (κ1) is 37.8. The van der Waals surface area contributed by atoms with Crippen molar-refractivity contribution in [3.8, 4) is 0 Å². The molecule has 0 aromatic carbocycles. The van der Waals surface area contributed by atoms with E-state index >= 15 is 0 Å². The Morgan fingerprint density at radius 1 is 0.933 bits per heavy atom. The van der Waals surface area contributed by atoms with Crippen LogP contribution < -0.4 is 5.32 Å². The van der Waals surface area contributed by atoms with Crippen molar-refractivity contribution >= 4 is 11.9 Å². The highest BCUT2D eigenvalue weighted by Crippen LogP contribution is 2.41. The smallest absolute Gasteiger partial charge is 0.364 e. The Bertz CT molecular complexity index is 989. The van der Waals surface area contributed by atoms with Gasteiger partial charge in [-0.25, -0.2) is 4.79 Å². The van der Waals surface area contributed by atoms with Gasteiger partial charge in [-0.05, 0) is 5.92 Å². The quantitative estimate of drug-likeness (QED) is 0.0934. The molecule has 5 unspecified atom stereocenters. The summed E-state index contributed by atoms with van der Waals surface area (Å²) in [7, 11) is 0. The van der Waals surface area contributed by atoms with Gasteiger partial charge in [-0.1, -0.05) is 20.8 Å². The van der Waals surface area contributed by atoms with E-state index in [1.54, 1.807) is 13.8 Å². The molecule has 0 aliphatic carbocycles. The Labute approximate surface area is 259 Å². The molecule has 3 saturated heterocycles. The van der Waals surface area contributed by atoms with Crippen LogP contribution in [0.1, 0.15) is 34.1 Å². The second-order valence-electron chi connectivity index (χ2n) is 12.2. The summed E-state index contributed by atoms with van der Waals surface area (Å²) in [6.07, 6.45) is -21.5. The normalized spacial score (nSPS) is 43.9. The van der Waals surface area contributed by atoms with E-state index in [1.807, 2.05) is 0 Å². The first-order valence-electron chi connectivity index (χ1n) is 14.8. The summed E-state index contributed by atoms with van der Waals surface area (Å²) in [6.45, 7) is 3.37. The van der Waals surface area contributed by atoms with Crippen molar-refractivity contribution in [2.75, 3.05) is 19.8 Å². The predicted molar refractivity (Wildman–Crippen MR) is 146 cm³/mol. The second kappa shape index (κ2) is 15.5. The maximum atomic E-state index is 12.8. The lowest BCUT2D eigenvalue weighted by Crippen LogP contribution is -2.70. The number of aliphatic carboxylic acids is 1. The number of hydrogen-bond acceptors (Lipinski definition) is 16. The number of carbonyl (C=O) groups excluding carboxylic acids is 1. The average Bonchev–Trinajstić information content (AvgIpc) is 2.98. The molecule has 0 aromatic heterocycles. The van der Waals surface area contributed by atoms with Crippen LogP contribution in [0.2, 0.25) is 0 Å². The van der Waals surface area contributed by atoms with Crippen molar-refractivity contribution in [3.63, 3.8) is 0 Å². The Balaban J connectivity index is 2.07. The lowest BCUT2D eigenvalue weighted by atomic mass is 9.84. The monoisotopic (exact) mass is 657 g/mol. The van der Waals surface area contributed by atoms with Crippen molar-refractivity contribution in [2.45, 2.75) is 125 Å².